The second-order valence-corrected chi connectivity index (χ2v) is 12.8. The molecule has 0 spiro atoms. The number of aldehydes is 1. The number of hydrogen-bond acceptors (Lipinski definition) is 7. The van der Waals surface area contributed by atoms with Gasteiger partial charge >= 0.3 is 0 Å². The zero-order chi connectivity index (χ0) is 33.5. The molecule has 9 nitrogen and oxygen atoms in total. The van der Waals surface area contributed by atoms with Gasteiger partial charge in [0.1, 0.15) is 34.8 Å². The number of benzene rings is 2. The van der Waals surface area contributed by atoms with Crippen LogP contribution in [0, 0.1) is 0 Å². The van der Waals surface area contributed by atoms with E-state index in [1.807, 2.05) is 0 Å². The number of rotatable bonds is 10. The standard InChI is InChI=1S/C29H29Cl2F5N4O5/c1-26(34)10-28(35)12-27(2,13-29(36,11-26)14-28)38-25(44)17-9-16(3-4-20(17)42)45-22-18(30)7-15(8-19(22)31)40(5-6-41)39-21(23(32)33)24(37)43/h3-4,6-9,23,42H,5,10-14H2,1-2H3,(H2,37,43)(H,38,44)/b39-21-. The van der Waals surface area contributed by atoms with Gasteiger partial charge in [0.05, 0.1) is 27.8 Å². The van der Waals surface area contributed by atoms with Crippen LogP contribution >= 0.6 is 23.2 Å². The van der Waals surface area contributed by atoms with E-state index in [4.69, 9.17) is 33.7 Å². The molecule has 2 saturated carbocycles. The van der Waals surface area contributed by atoms with Gasteiger partial charge < -0.3 is 25.7 Å². The number of aromatic hydroxyl groups is 1. The molecule has 4 N–H and O–H groups in total. The third kappa shape index (κ3) is 7.78. The summed E-state index contributed by atoms with van der Waals surface area (Å²) in [6.07, 6.45) is -5.19. The number of hydrazone groups is 1. The van der Waals surface area contributed by atoms with Crippen LogP contribution in [0.5, 0.6) is 17.2 Å². The van der Waals surface area contributed by atoms with Crippen molar-refractivity contribution in [1.29, 1.82) is 0 Å². The molecule has 0 aromatic heterocycles. The number of fused-ring (bicyclic) bond motifs is 2. The Kier molecular flexibility index (Phi) is 9.33. The number of phenolic OH excluding ortho intramolecular Hbond substituents is 1. The molecule has 2 bridgehead atoms. The zero-order valence-electron chi connectivity index (χ0n) is 24.0. The molecule has 2 amide bonds. The van der Waals surface area contributed by atoms with Crippen molar-refractivity contribution in [3.8, 4) is 17.2 Å². The lowest BCUT2D eigenvalue weighted by molar-refractivity contribution is -0.132. The van der Waals surface area contributed by atoms with E-state index in [1.165, 1.54) is 13.0 Å². The Bertz CT molecular complexity index is 1510. The van der Waals surface area contributed by atoms with Crippen LogP contribution in [0.2, 0.25) is 10.0 Å². The molecule has 4 rings (SSSR count). The molecule has 2 aromatic carbocycles. The number of primary amides is 1. The number of alkyl halides is 5. The number of ether oxygens (including phenoxy) is 1. The van der Waals surface area contributed by atoms with Crippen molar-refractivity contribution < 1.29 is 46.2 Å². The van der Waals surface area contributed by atoms with Gasteiger partial charge in [0.2, 0.25) is 0 Å². The number of carbonyl (C=O) groups excluding carboxylic acids is 3. The molecule has 16 heteroatoms. The molecule has 0 aliphatic heterocycles. The van der Waals surface area contributed by atoms with Gasteiger partial charge in [-0.25, -0.2) is 22.0 Å². The first-order valence-electron chi connectivity index (χ1n) is 13.5. The van der Waals surface area contributed by atoms with E-state index in [0.29, 0.717) is 6.29 Å². The summed E-state index contributed by atoms with van der Waals surface area (Å²) in [6.45, 7) is 2.04. The summed E-state index contributed by atoms with van der Waals surface area (Å²) in [7, 11) is 0. The Labute approximate surface area is 264 Å². The molecule has 2 unspecified atom stereocenters. The molecule has 2 aliphatic carbocycles. The van der Waals surface area contributed by atoms with Gasteiger partial charge in [-0.3, -0.25) is 14.6 Å². The van der Waals surface area contributed by atoms with E-state index in [2.05, 4.69) is 10.4 Å². The fourth-order valence-corrected chi connectivity index (χ4v) is 7.05. The van der Waals surface area contributed by atoms with Crippen molar-refractivity contribution in [2.45, 2.75) is 74.9 Å². The van der Waals surface area contributed by atoms with Crippen LogP contribution in [-0.2, 0) is 9.59 Å². The molecule has 0 saturated heterocycles. The minimum Gasteiger partial charge on any atom is -0.507 e. The second kappa shape index (κ2) is 12.3. The first kappa shape index (κ1) is 34.2. The molecule has 2 aromatic rings. The summed E-state index contributed by atoms with van der Waals surface area (Å²) < 4.78 is 78.0. The number of hydrogen-bond donors (Lipinski definition) is 3. The molecule has 244 valence electrons. The fraction of sp³-hybridized carbons (Fsp3) is 0.448. The molecule has 2 aliphatic rings. The third-order valence-electron chi connectivity index (χ3n) is 7.48. The van der Waals surface area contributed by atoms with Crippen LogP contribution in [0.25, 0.3) is 0 Å². The van der Waals surface area contributed by atoms with E-state index >= 15 is 8.78 Å². The second-order valence-electron chi connectivity index (χ2n) is 12.0. The summed E-state index contributed by atoms with van der Waals surface area (Å²) in [6, 6.07) is 5.81. The normalized spacial score (nSPS) is 28.0. The average molecular weight is 679 g/mol. The minimum absolute atomic E-state index is 0.0613. The minimum atomic E-state index is -3.34. The van der Waals surface area contributed by atoms with Crippen molar-refractivity contribution in [3.63, 3.8) is 0 Å². The number of carbonyl (C=O) groups is 3. The highest BCUT2D eigenvalue weighted by atomic mass is 35.5. The van der Waals surface area contributed by atoms with Gasteiger partial charge in [0, 0.05) is 37.6 Å². The third-order valence-corrected chi connectivity index (χ3v) is 8.04. The van der Waals surface area contributed by atoms with Crippen LogP contribution in [0.1, 0.15) is 56.3 Å². The summed E-state index contributed by atoms with van der Waals surface area (Å²) in [5, 5.41) is 16.8. The van der Waals surface area contributed by atoms with Crippen LogP contribution < -0.4 is 20.8 Å². The molecular weight excluding hydrogens is 650 g/mol. The number of halogens is 7. The monoisotopic (exact) mass is 678 g/mol. The van der Waals surface area contributed by atoms with E-state index in [9.17, 15) is 32.7 Å². The van der Waals surface area contributed by atoms with Crippen LogP contribution in [-0.4, -0.2) is 64.4 Å². The maximum absolute atomic E-state index is 15.6. The van der Waals surface area contributed by atoms with Gasteiger partial charge in [-0.15, -0.1) is 0 Å². The number of nitrogens with one attached hydrogen (secondary N) is 1. The van der Waals surface area contributed by atoms with Crippen LogP contribution in [0.3, 0.4) is 0 Å². The Hall–Kier alpha value is -3.65. The first-order chi connectivity index (χ1) is 20.8. The lowest BCUT2D eigenvalue weighted by Gasteiger charge is -2.54. The van der Waals surface area contributed by atoms with Crippen molar-refractivity contribution in [3.05, 3.63) is 45.9 Å². The number of nitrogens with zero attached hydrogens (tertiary/aromatic N) is 2. The van der Waals surface area contributed by atoms with E-state index in [1.54, 1.807) is 0 Å². The van der Waals surface area contributed by atoms with Crippen molar-refractivity contribution >= 4 is 52.7 Å². The zero-order valence-corrected chi connectivity index (χ0v) is 25.5. The molecule has 0 heterocycles. The average Bonchev–Trinajstić information content (AvgIpc) is 2.85. The summed E-state index contributed by atoms with van der Waals surface area (Å²) in [5.74, 6) is -3.12. The highest BCUT2D eigenvalue weighted by Gasteiger charge is 2.62. The van der Waals surface area contributed by atoms with Gasteiger partial charge in [-0.2, -0.15) is 5.10 Å². The lowest BCUT2D eigenvalue weighted by atomic mass is 9.58. The SMILES string of the molecule is CC1(F)CC2(F)CC(F)(C1)CC(C)(NC(=O)c1cc(Oc3c(Cl)cc(N(CC=O)/N=C(\C(N)=O)C(F)F)cc3Cl)ccc1O)C2. The van der Waals surface area contributed by atoms with Crippen molar-refractivity contribution in [2.75, 3.05) is 11.6 Å². The Morgan fingerprint density at radius 2 is 1.64 bits per heavy atom. The van der Waals surface area contributed by atoms with E-state index in [-0.39, 0.29) is 45.6 Å². The van der Waals surface area contributed by atoms with Crippen molar-refractivity contribution in [1.82, 2.24) is 5.32 Å². The summed E-state index contributed by atoms with van der Waals surface area (Å²) in [4.78, 5) is 35.8. The molecular formula is C29H29Cl2F5N4O5. The number of nitrogens with two attached hydrogens (primary N) is 1. The largest absolute Gasteiger partial charge is 0.507 e. The quantitative estimate of drug-likeness (QED) is 0.118. The lowest BCUT2D eigenvalue weighted by Crippen LogP contribution is -2.64. The number of phenols is 1. The van der Waals surface area contributed by atoms with E-state index in [0.717, 1.165) is 36.2 Å². The van der Waals surface area contributed by atoms with Gasteiger partial charge in [-0.05, 0) is 44.2 Å². The molecule has 2 atom stereocenters. The topological polar surface area (TPSA) is 134 Å². The first-order valence-corrected chi connectivity index (χ1v) is 14.3. The number of anilines is 1. The van der Waals surface area contributed by atoms with Crippen LogP contribution in [0.4, 0.5) is 27.6 Å². The molecule has 2 fully saturated rings. The van der Waals surface area contributed by atoms with Gasteiger partial charge in [0.15, 0.2) is 11.5 Å². The fourth-order valence-electron chi connectivity index (χ4n) is 6.49. The van der Waals surface area contributed by atoms with Gasteiger partial charge in [0.25, 0.3) is 18.2 Å². The summed E-state index contributed by atoms with van der Waals surface area (Å²) >= 11 is 12.6. The molecule has 45 heavy (non-hydrogen) atoms. The predicted octanol–water partition coefficient (Wildman–Crippen LogP) is 6.21. The Morgan fingerprint density at radius 3 is 2.16 bits per heavy atom. The Balaban J connectivity index is 1.58. The highest BCUT2D eigenvalue weighted by molar-refractivity contribution is 6.40. The number of amides is 2. The van der Waals surface area contributed by atoms with Crippen molar-refractivity contribution in [2.24, 2.45) is 10.8 Å². The highest BCUT2D eigenvalue weighted by Crippen LogP contribution is 2.57. The van der Waals surface area contributed by atoms with Gasteiger partial charge in [-0.1, -0.05) is 23.2 Å². The Morgan fingerprint density at radius 1 is 1.07 bits per heavy atom. The maximum atomic E-state index is 15.6. The smallest absolute Gasteiger partial charge is 0.287 e. The van der Waals surface area contributed by atoms with Crippen LogP contribution in [0.15, 0.2) is 35.4 Å². The molecule has 0 radical (unpaired) electrons. The predicted molar refractivity (Wildman–Crippen MR) is 157 cm³/mol. The maximum Gasteiger partial charge on any atom is 0.287 e. The van der Waals surface area contributed by atoms with E-state index < -0.39 is 78.1 Å². The summed E-state index contributed by atoms with van der Waals surface area (Å²) in [5.41, 5.74) is -4.57.